The first-order chi connectivity index (χ1) is 9.27. The highest BCUT2D eigenvalue weighted by atomic mass is 16.5. The van der Waals surface area contributed by atoms with Crippen LogP contribution in [-0.4, -0.2) is 67.8 Å². The van der Waals surface area contributed by atoms with Gasteiger partial charge in [0.25, 0.3) is 0 Å². The first-order valence-electron chi connectivity index (χ1n) is 7.95. The standard InChI is InChI=1S/C15H29N3O/c1-19-10-13-4-7-18(8-5-13)15(11-16)6-9-17(12-15)14-2-3-14/h13-14H,2-12,16H2,1H3. The zero-order valence-electron chi connectivity index (χ0n) is 12.3. The van der Waals surface area contributed by atoms with Gasteiger partial charge < -0.3 is 10.5 Å². The van der Waals surface area contributed by atoms with Crippen molar-refractivity contribution >= 4 is 0 Å². The molecular weight excluding hydrogens is 238 g/mol. The van der Waals surface area contributed by atoms with Crippen molar-refractivity contribution in [2.24, 2.45) is 11.7 Å². The molecule has 0 aromatic heterocycles. The summed E-state index contributed by atoms with van der Waals surface area (Å²) in [6, 6.07) is 0.888. The van der Waals surface area contributed by atoms with Gasteiger partial charge in [-0.1, -0.05) is 0 Å². The normalized spacial score (nSPS) is 35.1. The van der Waals surface area contributed by atoms with Crippen LogP contribution in [0.4, 0.5) is 0 Å². The average molecular weight is 267 g/mol. The van der Waals surface area contributed by atoms with Gasteiger partial charge in [0.2, 0.25) is 0 Å². The van der Waals surface area contributed by atoms with E-state index in [1.54, 1.807) is 0 Å². The third-order valence-corrected chi connectivity index (χ3v) is 5.49. The fourth-order valence-corrected chi connectivity index (χ4v) is 4.00. The van der Waals surface area contributed by atoms with Crippen LogP contribution >= 0.6 is 0 Å². The number of ether oxygens (including phenoxy) is 1. The molecule has 1 unspecified atom stereocenters. The van der Waals surface area contributed by atoms with E-state index < -0.39 is 0 Å². The van der Waals surface area contributed by atoms with Crippen molar-refractivity contribution in [1.82, 2.24) is 9.80 Å². The molecule has 1 atom stereocenters. The van der Waals surface area contributed by atoms with Gasteiger partial charge in [0.05, 0.1) is 0 Å². The Morgan fingerprint density at radius 3 is 2.47 bits per heavy atom. The molecule has 0 radical (unpaired) electrons. The molecule has 3 fully saturated rings. The Hall–Kier alpha value is -0.160. The van der Waals surface area contributed by atoms with E-state index in [4.69, 9.17) is 10.5 Å². The molecule has 4 heteroatoms. The second-order valence-electron chi connectivity index (χ2n) is 6.77. The summed E-state index contributed by atoms with van der Waals surface area (Å²) < 4.78 is 5.30. The van der Waals surface area contributed by atoms with Gasteiger partial charge in [0.1, 0.15) is 0 Å². The fourth-order valence-electron chi connectivity index (χ4n) is 4.00. The Balaban J connectivity index is 1.57. The van der Waals surface area contributed by atoms with Gasteiger partial charge >= 0.3 is 0 Å². The molecule has 0 aromatic carbocycles. The lowest BCUT2D eigenvalue weighted by molar-refractivity contribution is 0.0373. The van der Waals surface area contributed by atoms with Crippen molar-refractivity contribution in [3.8, 4) is 0 Å². The summed E-state index contributed by atoms with van der Waals surface area (Å²) in [5.74, 6) is 0.761. The number of nitrogens with zero attached hydrogens (tertiary/aromatic N) is 2. The fraction of sp³-hybridized carbons (Fsp3) is 1.00. The summed E-state index contributed by atoms with van der Waals surface area (Å²) in [5.41, 5.74) is 6.46. The Kier molecular flexibility index (Phi) is 4.13. The molecule has 3 aliphatic rings. The van der Waals surface area contributed by atoms with Crippen molar-refractivity contribution < 1.29 is 4.74 Å². The van der Waals surface area contributed by atoms with Crippen LogP contribution in [0.25, 0.3) is 0 Å². The number of hydrogen-bond donors (Lipinski definition) is 1. The third-order valence-electron chi connectivity index (χ3n) is 5.49. The van der Waals surface area contributed by atoms with Gasteiger partial charge in [-0.05, 0) is 51.1 Å². The summed E-state index contributed by atoms with van der Waals surface area (Å²) in [6.07, 6.45) is 6.65. The van der Waals surface area contributed by atoms with Gasteiger partial charge in [-0.15, -0.1) is 0 Å². The van der Waals surface area contributed by atoms with E-state index in [1.165, 1.54) is 58.3 Å². The zero-order chi connectivity index (χ0) is 13.3. The number of rotatable bonds is 5. The predicted octanol–water partition coefficient (Wildman–Crippen LogP) is 0.910. The van der Waals surface area contributed by atoms with E-state index in [1.807, 2.05) is 7.11 Å². The topological polar surface area (TPSA) is 41.7 Å². The molecule has 0 spiro atoms. The Morgan fingerprint density at radius 2 is 1.89 bits per heavy atom. The zero-order valence-corrected chi connectivity index (χ0v) is 12.3. The highest BCUT2D eigenvalue weighted by Gasteiger charge is 2.46. The van der Waals surface area contributed by atoms with Crippen molar-refractivity contribution in [3.63, 3.8) is 0 Å². The smallest absolute Gasteiger partial charge is 0.0491 e. The molecular formula is C15H29N3O. The highest BCUT2D eigenvalue weighted by Crippen LogP contribution is 2.37. The molecule has 0 amide bonds. The quantitative estimate of drug-likeness (QED) is 0.804. The first-order valence-corrected chi connectivity index (χ1v) is 7.95. The van der Waals surface area contributed by atoms with E-state index in [-0.39, 0.29) is 5.54 Å². The molecule has 2 N–H and O–H groups in total. The van der Waals surface area contributed by atoms with Crippen LogP contribution in [0.2, 0.25) is 0 Å². The molecule has 0 bridgehead atoms. The van der Waals surface area contributed by atoms with Crippen LogP contribution in [0.1, 0.15) is 32.1 Å². The largest absolute Gasteiger partial charge is 0.384 e. The maximum Gasteiger partial charge on any atom is 0.0491 e. The molecule has 19 heavy (non-hydrogen) atoms. The Bertz CT molecular complexity index is 300. The van der Waals surface area contributed by atoms with Crippen molar-refractivity contribution in [2.75, 3.05) is 46.4 Å². The molecule has 2 saturated heterocycles. The lowest BCUT2D eigenvalue weighted by Crippen LogP contribution is -2.58. The van der Waals surface area contributed by atoms with E-state index in [2.05, 4.69) is 9.80 Å². The molecule has 4 nitrogen and oxygen atoms in total. The number of nitrogens with two attached hydrogens (primary N) is 1. The van der Waals surface area contributed by atoms with Crippen molar-refractivity contribution in [1.29, 1.82) is 0 Å². The predicted molar refractivity (Wildman–Crippen MR) is 77.2 cm³/mol. The van der Waals surface area contributed by atoms with Crippen LogP contribution < -0.4 is 5.73 Å². The second-order valence-corrected chi connectivity index (χ2v) is 6.77. The first kappa shape index (κ1) is 13.8. The van der Waals surface area contributed by atoms with Crippen molar-refractivity contribution in [3.05, 3.63) is 0 Å². The minimum atomic E-state index is 0.278. The Morgan fingerprint density at radius 1 is 1.16 bits per heavy atom. The minimum Gasteiger partial charge on any atom is -0.384 e. The molecule has 2 aliphatic heterocycles. The van der Waals surface area contributed by atoms with Crippen LogP contribution in [0.15, 0.2) is 0 Å². The molecule has 2 heterocycles. The summed E-state index contributed by atoms with van der Waals surface area (Å²) in [7, 11) is 1.82. The van der Waals surface area contributed by atoms with Crippen LogP contribution in [0.5, 0.6) is 0 Å². The number of piperidine rings is 1. The van der Waals surface area contributed by atoms with Gasteiger partial charge in [0.15, 0.2) is 0 Å². The Labute approximate surface area is 117 Å². The summed E-state index contributed by atoms with van der Waals surface area (Å²) >= 11 is 0. The maximum absolute atomic E-state index is 6.18. The van der Waals surface area contributed by atoms with E-state index >= 15 is 0 Å². The second kappa shape index (κ2) is 5.68. The van der Waals surface area contributed by atoms with Crippen LogP contribution in [0, 0.1) is 5.92 Å². The molecule has 1 saturated carbocycles. The van der Waals surface area contributed by atoms with Gasteiger partial charge in [-0.3, -0.25) is 9.80 Å². The maximum atomic E-state index is 6.18. The minimum absolute atomic E-state index is 0.278. The van der Waals surface area contributed by atoms with E-state index in [0.717, 1.165) is 25.1 Å². The molecule has 3 rings (SSSR count). The molecule has 0 aromatic rings. The van der Waals surface area contributed by atoms with Gasteiger partial charge in [-0.25, -0.2) is 0 Å². The number of likely N-dealkylation sites (tertiary alicyclic amines) is 2. The summed E-state index contributed by atoms with van der Waals surface area (Å²) in [4.78, 5) is 5.38. The van der Waals surface area contributed by atoms with Gasteiger partial charge in [-0.2, -0.15) is 0 Å². The van der Waals surface area contributed by atoms with Crippen LogP contribution in [0.3, 0.4) is 0 Å². The lowest BCUT2D eigenvalue weighted by Gasteiger charge is -2.44. The molecule has 110 valence electrons. The van der Waals surface area contributed by atoms with Gasteiger partial charge in [0, 0.05) is 44.9 Å². The van der Waals surface area contributed by atoms with E-state index in [0.29, 0.717) is 0 Å². The molecule has 1 aliphatic carbocycles. The number of methoxy groups -OCH3 is 1. The third kappa shape index (κ3) is 2.82. The number of hydrogen-bond acceptors (Lipinski definition) is 4. The summed E-state index contributed by atoms with van der Waals surface area (Å²) in [5, 5.41) is 0. The lowest BCUT2D eigenvalue weighted by atomic mass is 9.89. The highest BCUT2D eigenvalue weighted by molar-refractivity contribution is 5.04. The van der Waals surface area contributed by atoms with Crippen molar-refractivity contribution in [2.45, 2.75) is 43.7 Å². The van der Waals surface area contributed by atoms with E-state index in [9.17, 15) is 0 Å². The average Bonchev–Trinajstić information content (AvgIpc) is 3.20. The SMILES string of the molecule is COCC1CCN(C2(CN)CCN(C3CC3)C2)CC1. The van der Waals surface area contributed by atoms with Crippen LogP contribution in [-0.2, 0) is 4.74 Å². The monoisotopic (exact) mass is 267 g/mol. The summed E-state index contributed by atoms with van der Waals surface area (Å²) in [6.45, 7) is 6.65.